The smallest absolute Gasteiger partial charge is 0.305 e. The molecule has 6 nitrogen and oxygen atoms in total. The molecule has 506 valence electrons. The molecule has 0 aromatic rings. The Hall–Kier alpha value is -1.40. The molecule has 2 atom stereocenters. The predicted molar refractivity (Wildman–Crippen MR) is 375 cm³/mol. The minimum absolute atomic E-state index is 0.0245. The quantitative estimate of drug-likeness (QED) is 0.0320. The van der Waals surface area contributed by atoms with Crippen LogP contribution in [-0.4, -0.2) is 47.4 Å². The first-order chi connectivity index (χ1) is 42.0. The van der Waals surface area contributed by atoms with Gasteiger partial charge in [-0.15, -0.1) is 0 Å². The Labute approximate surface area is 533 Å². The minimum Gasteiger partial charge on any atom is -0.466 e. The van der Waals surface area contributed by atoms with Crippen LogP contribution in [0.1, 0.15) is 457 Å². The van der Waals surface area contributed by atoms with E-state index in [1.165, 1.54) is 392 Å². The number of carbonyl (C=O) groups excluding carboxylic acids is 2. The first-order valence-electron chi connectivity index (χ1n) is 39.5. The fraction of sp³-hybridized carbons (Fsp3) is 0.949. The molecule has 0 spiro atoms. The molecule has 0 aliphatic carbocycles. The Morgan fingerprint density at radius 2 is 0.541 bits per heavy atom. The van der Waals surface area contributed by atoms with Gasteiger partial charge in [0.25, 0.3) is 0 Å². The van der Waals surface area contributed by atoms with E-state index < -0.39 is 12.1 Å². The van der Waals surface area contributed by atoms with Crippen LogP contribution in [0.3, 0.4) is 0 Å². The molecule has 6 heteroatoms. The van der Waals surface area contributed by atoms with E-state index in [4.69, 9.17) is 4.74 Å². The number of ether oxygens (including phenoxy) is 1. The largest absolute Gasteiger partial charge is 0.466 e. The highest BCUT2D eigenvalue weighted by molar-refractivity contribution is 5.76. The van der Waals surface area contributed by atoms with E-state index in [0.717, 1.165) is 38.5 Å². The maximum Gasteiger partial charge on any atom is 0.305 e. The van der Waals surface area contributed by atoms with Crippen LogP contribution in [0.4, 0.5) is 0 Å². The average molecular weight is 1200 g/mol. The summed E-state index contributed by atoms with van der Waals surface area (Å²) in [5.41, 5.74) is 0. The molecule has 0 aliphatic rings. The molecule has 0 radical (unpaired) electrons. The van der Waals surface area contributed by atoms with Crippen LogP contribution < -0.4 is 5.32 Å². The normalized spacial score (nSPS) is 12.5. The topological polar surface area (TPSA) is 95.9 Å². The van der Waals surface area contributed by atoms with Gasteiger partial charge < -0.3 is 20.3 Å². The van der Waals surface area contributed by atoms with Crippen LogP contribution in [0, 0.1) is 0 Å². The number of aliphatic hydroxyl groups is 2. The van der Waals surface area contributed by atoms with Gasteiger partial charge in [0, 0.05) is 12.8 Å². The molecule has 85 heavy (non-hydrogen) atoms. The number of nitrogens with one attached hydrogen (secondary N) is 1. The Kier molecular flexibility index (Phi) is 73.8. The zero-order chi connectivity index (χ0) is 61.3. The molecule has 0 saturated carbocycles. The number of hydrogen-bond donors (Lipinski definition) is 3. The Bertz CT molecular complexity index is 1290. The van der Waals surface area contributed by atoms with Crippen molar-refractivity contribution in [1.29, 1.82) is 0 Å². The molecule has 0 saturated heterocycles. The SMILES string of the molecule is CCCCCCCCCCCCCCCCCCCCCC/C=C/C(O)C(CO)NC(=O)CCCCCCCCCCCCCCCCCCCCCCCCCCCCCCCOC(=O)CCCCCCCCCCCCCCCCCCC. The standard InChI is InChI=1S/C79H155NO5/c1-3-5-7-9-11-13-15-17-19-21-22-23-33-36-40-43-47-51-55-59-63-67-71-77(82)76(75-81)80-78(83)72-68-64-60-56-52-48-44-41-37-34-31-29-27-25-24-26-28-30-32-35-38-42-46-50-54-58-62-66-70-74-85-79(84)73-69-65-61-57-53-49-45-39-20-18-16-14-12-10-8-6-4-2/h67,71,76-77,81-82H,3-66,68-70,72-75H2,1-2H3,(H,80,83)/b71-67+. The lowest BCUT2D eigenvalue weighted by molar-refractivity contribution is -0.143. The lowest BCUT2D eigenvalue weighted by Gasteiger charge is -2.20. The number of hydrogen-bond acceptors (Lipinski definition) is 5. The molecule has 0 aliphatic heterocycles. The third-order valence-electron chi connectivity index (χ3n) is 18.8. The van der Waals surface area contributed by atoms with Gasteiger partial charge in [0.1, 0.15) is 0 Å². The Morgan fingerprint density at radius 1 is 0.318 bits per heavy atom. The number of aliphatic hydroxyl groups excluding tert-OH is 2. The molecule has 2 unspecified atom stereocenters. The monoisotopic (exact) mass is 1200 g/mol. The van der Waals surface area contributed by atoms with Crippen molar-refractivity contribution < 1.29 is 24.5 Å². The lowest BCUT2D eigenvalue weighted by atomic mass is 10.0. The number of carbonyl (C=O) groups is 2. The van der Waals surface area contributed by atoms with Gasteiger partial charge in [-0.2, -0.15) is 0 Å². The molecular formula is C79H155NO5. The van der Waals surface area contributed by atoms with Gasteiger partial charge in [0.05, 0.1) is 25.4 Å². The van der Waals surface area contributed by atoms with Gasteiger partial charge in [0.2, 0.25) is 5.91 Å². The number of esters is 1. The van der Waals surface area contributed by atoms with E-state index in [-0.39, 0.29) is 18.5 Å². The van der Waals surface area contributed by atoms with Crippen molar-refractivity contribution in [2.75, 3.05) is 13.2 Å². The highest BCUT2D eigenvalue weighted by atomic mass is 16.5. The number of allylic oxidation sites excluding steroid dienone is 1. The summed E-state index contributed by atoms with van der Waals surface area (Å²) in [6, 6.07) is -0.626. The van der Waals surface area contributed by atoms with Crippen LogP contribution in [-0.2, 0) is 14.3 Å². The summed E-state index contributed by atoms with van der Waals surface area (Å²) in [5, 5.41) is 23.3. The summed E-state index contributed by atoms with van der Waals surface area (Å²) in [6.45, 7) is 4.97. The van der Waals surface area contributed by atoms with E-state index in [1.54, 1.807) is 6.08 Å². The minimum atomic E-state index is -0.843. The van der Waals surface area contributed by atoms with Crippen LogP contribution in [0.15, 0.2) is 12.2 Å². The van der Waals surface area contributed by atoms with Crippen molar-refractivity contribution in [2.24, 2.45) is 0 Å². The van der Waals surface area contributed by atoms with Crippen molar-refractivity contribution in [3.63, 3.8) is 0 Å². The zero-order valence-corrected chi connectivity index (χ0v) is 58.1. The van der Waals surface area contributed by atoms with Crippen molar-refractivity contribution in [3.8, 4) is 0 Å². The Balaban J connectivity index is 3.35. The fourth-order valence-corrected chi connectivity index (χ4v) is 12.8. The molecular weight excluding hydrogens is 1040 g/mol. The molecule has 0 heterocycles. The summed E-state index contributed by atoms with van der Waals surface area (Å²) in [5.74, 6) is -0.0345. The lowest BCUT2D eigenvalue weighted by Crippen LogP contribution is -2.45. The van der Waals surface area contributed by atoms with E-state index in [0.29, 0.717) is 19.4 Å². The van der Waals surface area contributed by atoms with Crippen LogP contribution in [0.5, 0.6) is 0 Å². The van der Waals surface area contributed by atoms with Gasteiger partial charge in [-0.1, -0.05) is 424 Å². The second-order valence-corrected chi connectivity index (χ2v) is 27.4. The zero-order valence-electron chi connectivity index (χ0n) is 58.1. The van der Waals surface area contributed by atoms with Crippen molar-refractivity contribution in [2.45, 2.75) is 469 Å². The van der Waals surface area contributed by atoms with Crippen LogP contribution in [0.25, 0.3) is 0 Å². The molecule has 0 aromatic carbocycles. The number of rotatable bonds is 75. The third-order valence-corrected chi connectivity index (χ3v) is 18.8. The molecule has 0 aromatic heterocycles. The average Bonchev–Trinajstić information content (AvgIpc) is 3.51. The molecule has 0 fully saturated rings. The summed E-state index contributed by atoms with van der Waals surface area (Å²) in [7, 11) is 0. The molecule has 0 bridgehead atoms. The van der Waals surface area contributed by atoms with Crippen molar-refractivity contribution >= 4 is 11.9 Å². The predicted octanol–water partition coefficient (Wildman–Crippen LogP) is 25.9. The second kappa shape index (κ2) is 75.1. The van der Waals surface area contributed by atoms with Gasteiger partial charge in [0.15, 0.2) is 0 Å². The first kappa shape index (κ1) is 83.6. The maximum absolute atomic E-state index is 12.5. The van der Waals surface area contributed by atoms with Crippen molar-refractivity contribution in [3.05, 3.63) is 12.2 Å². The number of amides is 1. The van der Waals surface area contributed by atoms with Gasteiger partial charge >= 0.3 is 5.97 Å². The van der Waals surface area contributed by atoms with Crippen molar-refractivity contribution in [1.82, 2.24) is 5.32 Å². The Morgan fingerprint density at radius 3 is 0.800 bits per heavy atom. The summed E-state index contributed by atoms with van der Waals surface area (Å²) >= 11 is 0. The molecule has 0 rings (SSSR count). The highest BCUT2D eigenvalue weighted by Gasteiger charge is 2.18. The van der Waals surface area contributed by atoms with E-state index >= 15 is 0 Å². The molecule has 3 N–H and O–H groups in total. The van der Waals surface area contributed by atoms with E-state index in [9.17, 15) is 19.8 Å². The number of unbranched alkanes of at least 4 members (excludes halogenated alkanes) is 64. The van der Waals surface area contributed by atoms with Gasteiger partial charge in [-0.25, -0.2) is 0 Å². The highest BCUT2D eigenvalue weighted by Crippen LogP contribution is 2.20. The summed E-state index contributed by atoms with van der Waals surface area (Å²) in [6.07, 6.45) is 94.7. The summed E-state index contributed by atoms with van der Waals surface area (Å²) < 4.78 is 5.52. The van der Waals surface area contributed by atoms with Gasteiger partial charge in [-0.3, -0.25) is 9.59 Å². The fourth-order valence-electron chi connectivity index (χ4n) is 12.8. The van der Waals surface area contributed by atoms with Crippen LogP contribution >= 0.6 is 0 Å². The van der Waals surface area contributed by atoms with Gasteiger partial charge in [-0.05, 0) is 32.1 Å². The maximum atomic E-state index is 12.5. The molecule has 1 amide bonds. The van der Waals surface area contributed by atoms with E-state index in [1.807, 2.05) is 6.08 Å². The summed E-state index contributed by atoms with van der Waals surface area (Å²) in [4.78, 5) is 24.7. The third kappa shape index (κ3) is 71.6. The second-order valence-electron chi connectivity index (χ2n) is 27.4. The first-order valence-corrected chi connectivity index (χ1v) is 39.5. The van der Waals surface area contributed by atoms with E-state index in [2.05, 4.69) is 19.2 Å². The van der Waals surface area contributed by atoms with Crippen LogP contribution in [0.2, 0.25) is 0 Å².